The molecule has 1 fully saturated rings. The Hall–Kier alpha value is -1.70. The normalized spacial score (nSPS) is 18.2. The van der Waals surface area contributed by atoms with E-state index in [1.54, 1.807) is 4.90 Å². The fourth-order valence-corrected chi connectivity index (χ4v) is 3.21. The third-order valence-electron chi connectivity index (χ3n) is 3.19. The summed E-state index contributed by atoms with van der Waals surface area (Å²) in [6, 6.07) is 0. The standard InChI is InChI=1S/C12H17N3O4S/c1-8(2)11-13-7-9(10(14-11)12(16)17)15-3-5-20(18,19)6-4-15/h7-8H,3-6H2,1-2H3,(H,16,17). The maximum Gasteiger partial charge on any atom is 0.356 e. The van der Waals surface area contributed by atoms with E-state index in [1.165, 1.54) is 6.20 Å². The first-order chi connectivity index (χ1) is 9.30. The summed E-state index contributed by atoms with van der Waals surface area (Å²) in [4.78, 5) is 21.3. The lowest BCUT2D eigenvalue weighted by Crippen LogP contribution is -2.41. The topological polar surface area (TPSA) is 100 Å². The summed E-state index contributed by atoms with van der Waals surface area (Å²) in [5.41, 5.74) is 0.319. The van der Waals surface area contributed by atoms with Crippen LogP contribution < -0.4 is 4.90 Å². The summed E-state index contributed by atoms with van der Waals surface area (Å²) in [6.07, 6.45) is 1.48. The summed E-state index contributed by atoms with van der Waals surface area (Å²) < 4.78 is 22.8. The van der Waals surface area contributed by atoms with E-state index in [0.29, 0.717) is 11.5 Å². The van der Waals surface area contributed by atoms with Gasteiger partial charge in [-0.1, -0.05) is 13.8 Å². The van der Waals surface area contributed by atoms with E-state index in [2.05, 4.69) is 9.97 Å². The second-order valence-corrected chi connectivity index (χ2v) is 7.36. The van der Waals surface area contributed by atoms with Gasteiger partial charge in [0.15, 0.2) is 15.5 Å². The fourth-order valence-electron chi connectivity index (χ4n) is 2.01. The fraction of sp³-hybridized carbons (Fsp3) is 0.583. The molecule has 0 atom stereocenters. The maximum absolute atomic E-state index is 11.4. The Morgan fingerprint density at radius 3 is 2.45 bits per heavy atom. The van der Waals surface area contributed by atoms with Crippen LogP contribution in [0.2, 0.25) is 0 Å². The van der Waals surface area contributed by atoms with E-state index < -0.39 is 15.8 Å². The van der Waals surface area contributed by atoms with Crippen LogP contribution in [0.4, 0.5) is 5.69 Å². The van der Waals surface area contributed by atoms with Gasteiger partial charge in [-0.2, -0.15) is 0 Å². The Balaban J connectivity index is 2.34. The van der Waals surface area contributed by atoms with Crippen molar-refractivity contribution in [2.75, 3.05) is 29.5 Å². The van der Waals surface area contributed by atoms with E-state index >= 15 is 0 Å². The highest BCUT2D eigenvalue weighted by Gasteiger charge is 2.26. The van der Waals surface area contributed by atoms with Crippen LogP contribution in [0.25, 0.3) is 0 Å². The molecule has 20 heavy (non-hydrogen) atoms. The summed E-state index contributed by atoms with van der Waals surface area (Å²) in [5.74, 6) is -0.576. The molecule has 0 radical (unpaired) electrons. The molecule has 8 heteroatoms. The molecule has 2 heterocycles. The Kier molecular flexibility index (Phi) is 3.94. The molecule has 110 valence electrons. The zero-order chi connectivity index (χ0) is 14.9. The lowest BCUT2D eigenvalue weighted by molar-refractivity contribution is 0.0690. The lowest BCUT2D eigenvalue weighted by atomic mass is 10.2. The molecule has 1 aliphatic rings. The minimum atomic E-state index is -3.01. The number of carboxylic acid groups (broad SMARTS) is 1. The number of carboxylic acids is 1. The van der Waals surface area contributed by atoms with Crippen LogP contribution in [-0.2, 0) is 9.84 Å². The van der Waals surface area contributed by atoms with Crippen molar-refractivity contribution in [3.05, 3.63) is 17.7 Å². The minimum absolute atomic E-state index is 0.0258. The van der Waals surface area contributed by atoms with Crippen molar-refractivity contribution in [3.63, 3.8) is 0 Å². The SMILES string of the molecule is CC(C)c1ncc(N2CCS(=O)(=O)CC2)c(C(=O)O)n1. The molecule has 1 aliphatic heterocycles. The van der Waals surface area contributed by atoms with Crippen molar-refractivity contribution >= 4 is 21.5 Å². The van der Waals surface area contributed by atoms with E-state index in [1.807, 2.05) is 13.8 Å². The van der Waals surface area contributed by atoms with Gasteiger partial charge >= 0.3 is 5.97 Å². The zero-order valence-electron chi connectivity index (χ0n) is 11.4. The number of hydrogen-bond donors (Lipinski definition) is 1. The Morgan fingerprint density at radius 2 is 1.95 bits per heavy atom. The zero-order valence-corrected chi connectivity index (χ0v) is 12.2. The summed E-state index contributed by atoms with van der Waals surface area (Å²) in [6.45, 7) is 4.31. The molecule has 0 saturated carbocycles. The second-order valence-electron chi connectivity index (χ2n) is 5.06. The van der Waals surface area contributed by atoms with Gasteiger partial charge in [0, 0.05) is 19.0 Å². The molecule has 1 N–H and O–H groups in total. The molecule has 2 rings (SSSR count). The molecule has 0 unspecified atom stereocenters. The molecule has 0 aliphatic carbocycles. The minimum Gasteiger partial charge on any atom is -0.476 e. The number of carbonyl (C=O) groups is 1. The predicted octanol–water partition coefficient (Wildman–Crippen LogP) is 0.533. The van der Waals surface area contributed by atoms with Crippen LogP contribution in [0.1, 0.15) is 36.1 Å². The van der Waals surface area contributed by atoms with E-state index in [9.17, 15) is 18.3 Å². The van der Waals surface area contributed by atoms with Gasteiger partial charge in [-0.15, -0.1) is 0 Å². The highest BCUT2D eigenvalue weighted by atomic mass is 32.2. The Bertz CT molecular complexity index is 614. The van der Waals surface area contributed by atoms with Crippen LogP contribution in [0, 0.1) is 0 Å². The van der Waals surface area contributed by atoms with Crippen molar-refractivity contribution in [3.8, 4) is 0 Å². The number of sulfone groups is 1. The van der Waals surface area contributed by atoms with Gasteiger partial charge in [0.1, 0.15) is 5.82 Å². The van der Waals surface area contributed by atoms with Crippen molar-refractivity contribution in [1.82, 2.24) is 9.97 Å². The van der Waals surface area contributed by atoms with Crippen molar-refractivity contribution in [2.24, 2.45) is 0 Å². The van der Waals surface area contributed by atoms with E-state index in [0.717, 1.165) is 0 Å². The molecule has 1 saturated heterocycles. The van der Waals surface area contributed by atoms with Crippen LogP contribution in [0.3, 0.4) is 0 Å². The molecule has 0 amide bonds. The number of hydrogen-bond acceptors (Lipinski definition) is 6. The summed E-state index contributed by atoms with van der Waals surface area (Å²) in [7, 11) is -3.01. The van der Waals surface area contributed by atoms with Gasteiger partial charge in [-0.3, -0.25) is 0 Å². The molecule has 1 aromatic rings. The monoisotopic (exact) mass is 299 g/mol. The number of aromatic nitrogens is 2. The molecule has 7 nitrogen and oxygen atoms in total. The van der Waals surface area contributed by atoms with Gasteiger partial charge in [0.05, 0.1) is 23.4 Å². The van der Waals surface area contributed by atoms with Gasteiger partial charge in [0.2, 0.25) is 0 Å². The molecular formula is C12H17N3O4S. The van der Waals surface area contributed by atoms with Crippen molar-refractivity contribution < 1.29 is 18.3 Å². The molecule has 0 bridgehead atoms. The highest BCUT2D eigenvalue weighted by Crippen LogP contribution is 2.22. The summed E-state index contributed by atoms with van der Waals surface area (Å²) in [5, 5.41) is 9.27. The smallest absolute Gasteiger partial charge is 0.356 e. The first kappa shape index (κ1) is 14.7. The van der Waals surface area contributed by atoms with Crippen LogP contribution in [-0.4, -0.2) is 54.1 Å². The first-order valence-electron chi connectivity index (χ1n) is 6.36. The average Bonchev–Trinajstić information content (AvgIpc) is 2.38. The van der Waals surface area contributed by atoms with Gasteiger partial charge in [0.25, 0.3) is 0 Å². The van der Waals surface area contributed by atoms with Crippen molar-refractivity contribution in [2.45, 2.75) is 19.8 Å². The predicted molar refractivity (Wildman–Crippen MR) is 73.9 cm³/mol. The summed E-state index contributed by atoms with van der Waals surface area (Å²) >= 11 is 0. The second kappa shape index (κ2) is 5.35. The third kappa shape index (κ3) is 3.06. The van der Waals surface area contributed by atoms with Crippen LogP contribution >= 0.6 is 0 Å². The van der Waals surface area contributed by atoms with Crippen molar-refractivity contribution in [1.29, 1.82) is 0 Å². The van der Waals surface area contributed by atoms with E-state index in [4.69, 9.17) is 0 Å². The van der Waals surface area contributed by atoms with Gasteiger partial charge in [-0.25, -0.2) is 23.2 Å². The maximum atomic E-state index is 11.4. The molecule has 1 aromatic heterocycles. The Labute approximate surface area is 117 Å². The Morgan fingerprint density at radius 1 is 1.35 bits per heavy atom. The van der Waals surface area contributed by atoms with Crippen LogP contribution in [0.5, 0.6) is 0 Å². The molecule has 0 spiro atoms. The number of nitrogens with zero attached hydrogens (tertiary/aromatic N) is 3. The van der Waals surface area contributed by atoms with Gasteiger partial charge in [-0.05, 0) is 0 Å². The number of anilines is 1. The quantitative estimate of drug-likeness (QED) is 0.869. The highest BCUT2D eigenvalue weighted by molar-refractivity contribution is 7.91. The third-order valence-corrected chi connectivity index (χ3v) is 4.80. The lowest BCUT2D eigenvalue weighted by Gasteiger charge is -2.29. The first-order valence-corrected chi connectivity index (χ1v) is 8.18. The number of rotatable bonds is 3. The molecule has 0 aromatic carbocycles. The van der Waals surface area contributed by atoms with E-state index in [-0.39, 0.29) is 36.2 Å². The van der Waals surface area contributed by atoms with Crippen LogP contribution in [0.15, 0.2) is 6.20 Å². The number of aromatic carboxylic acids is 1. The van der Waals surface area contributed by atoms with Gasteiger partial charge < -0.3 is 10.0 Å². The average molecular weight is 299 g/mol. The molecular weight excluding hydrogens is 282 g/mol. The largest absolute Gasteiger partial charge is 0.476 e.